The van der Waals surface area contributed by atoms with Crippen molar-refractivity contribution in [2.24, 2.45) is 0 Å². The average Bonchev–Trinajstić information content (AvgIpc) is 2.52. The van der Waals surface area contributed by atoms with Crippen LogP contribution < -0.4 is 0 Å². The highest BCUT2D eigenvalue weighted by atomic mass is 79.9. The van der Waals surface area contributed by atoms with Crippen molar-refractivity contribution in [3.8, 4) is 0 Å². The lowest BCUT2D eigenvalue weighted by molar-refractivity contribution is -0.127. The van der Waals surface area contributed by atoms with E-state index >= 15 is 0 Å². The molecule has 0 saturated carbocycles. The fourth-order valence-electron chi connectivity index (χ4n) is 2.08. The molecule has 0 radical (unpaired) electrons. The lowest BCUT2D eigenvalue weighted by Gasteiger charge is -2.26. The summed E-state index contributed by atoms with van der Waals surface area (Å²) in [6.07, 6.45) is 4.98. The summed E-state index contributed by atoms with van der Waals surface area (Å²) >= 11 is 5.45. The molecule has 2 saturated heterocycles. The summed E-state index contributed by atoms with van der Waals surface area (Å²) in [4.78, 5) is 13.8. The van der Waals surface area contributed by atoms with E-state index in [1.807, 2.05) is 16.7 Å². The Morgan fingerprint density at radius 2 is 2.29 bits per heavy atom. The highest BCUT2D eigenvalue weighted by Gasteiger charge is 2.31. The van der Waals surface area contributed by atoms with Crippen LogP contribution in [0.15, 0.2) is 0 Å². The van der Waals surface area contributed by atoms with Gasteiger partial charge in [0.05, 0.1) is 4.83 Å². The first kappa shape index (κ1) is 10.8. The van der Waals surface area contributed by atoms with E-state index in [1.165, 1.54) is 25.0 Å². The molecular formula is C10H16BrNOS. The standard InChI is InChI=1S/C10H16BrNOS/c11-9-4-5-12(10(9)13)7-8-3-1-2-6-14-8/h8-9H,1-7H2. The van der Waals surface area contributed by atoms with Crippen molar-refractivity contribution in [3.63, 3.8) is 0 Å². The predicted octanol–water partition coefficient (Wildman–Crippen LogP) is 2.27. The van der Waals surface area contributed by atoms with Gasteiger partial charge in [-0.15, -0.1) is 0 Å². The molecule has 2 fully saturated rings. The molecule has 0 N–H and O–H groups in total. The van der Waals surface area contributed by atoms with Crippen LogP contribution in [0.4, 0.5) is 0 Å². The summed E-state index contributed by atoms with van der Waals surface area (Å²) in [5.74, 6) is 1.58. The van der Waals surface area contributed by atoms with Gasteiger partial charge in [0, 0.05) is 18.3 Å². The number of halogens is 1. The normalized spacial score (nSPS) is 33.8. The minimum absolute atomic E-state index is 0.0936. The number of thioether (sulfide) groups is 1. The van der Waals surface area contributed by atoms with Crippen molar-refractivity contribution < 1.29 is 4.79 Å². The van der Waals surface area contributed by atoms with Gasteiger partial charge in [-0.2, -0.15) is 11.8 Å². The Bertz CT molecular complexity index is 218. The van der Waals surface area contributed by atoms with E-state index in [2.05, 4.69) is 15.9 Å². The number of carbonyl (C=O) groups is 1. The second-order valence-electron chi connectivity index (χ2n) is 4.03. The van der Waals surface area contributed by atoms with E-state index in [0.29, 0.717) is 11.2 Å². The van der Waals surface area contributed by atoms with Gasteiger partial charge in [-0.25, -0.2) is 0 Å². The number of carbonyl (C=O) groups excluding carboxylic acids is 1. The molecule has 2 aliphatic heterocycles. The number of alkyl halides is 1. The van der Waals surface area contributed by atoms with Gasteiger partial charge >= 0.3 is 0 Å². The van der Waals surface area contributed by atoms with Crippen molar-refractivity contribution in [1.29, 1.82) is 0 Å². The minimum atomic E-state index is 0.0936. The molecule has 0 bridgehead atoms. The molecule has 4 heteroatoms. The van der Waals surface area contributed by atoms with Crippen LogP contribution in [-0.4, -0.2) is 39.7 Å². The minimum Gasteiger partial charge on any atom is -0.341 e. The van der Waals surface area contributed by atoms with Crippen molar-refractivity contribution in [1.82, 2.24) is 4.90 Å². The predicted molar refractivity (Wildman–Crippen MR) is 64.0 cm³/mol. The molecule has 2 rings (SSSR count). The molecule has 0 aromatic carbocycles. The Labute approximate surface area is 97.9 Å². The maximum absolute atomic E-state index is 11.6. The zero-order valence-corrected chi connectivity index (χ0v) is 10.6. The fraction of sp³-hybridized carbons (Fsp3) is 0.900. The maximum Gasteiger partial charge on any atom is 0.236 e. The van der Waals surface area contributed by atoms with Gasteiger partial charge in [-0.05, 0) is 25.0 Å². The van der Waals surface area contributed by atoms with Crippen LogP contribution >= 0.6 is 27.7 Å². The largest absolute Gasteiger partial charge is 0.341 e. The molecular weight excluding hydrogens is 262 g/mol. The fourth-order valence-corrected chi connectivity index (χ4v) is 3.90. The molecule has 0 aliphatic carbocycles. The quantitative estimate of drug-likeness (QED) is 0.722. The lowest BCUT2D eigenvalue weighted by Crippen LogP contribution is -2.34. The first-order valence-electron chi connectivity index (χ1n) is 5.32. The maximum atomic E-state index is 11.6. The third-order valence-corrected chi connectivity index (χ3v) is 5.16. The monoisotopic (exact) mass is 277 g/mol. The number of likely N-dealkylation sites (tertiary alicyclic amines) is 1. The highest BCUT2D eigenvalue weighted by Crippen LogP contribution is 2.28. The molecule has 2 atom stereocenters. The van der Waals surface area contributed by atoms with E-state index in [-0.39, 0.29) is 4.83 Å². The highest BCUT2D eigenvalue weighted by molar-refractivity contribution is 9.10. The molecule has 2 heterocycles. The smallest absolute Gasteiger partial charge is 0.236 e. The van der Waals surface area contributed by atoms with Gasteiger partial charge < -0.3 is 4.90 Å². The first-order valence-corrected chi connectivity index (χ1v) is 7.28. The van der Waals surface area contributed by atoms with Gasteiger partial charge in [0.2, 0.25) is 5.91 Å². The Morgan fingerprint density at radius 3 is 2.86 bits per heavy atom. The van der Waals surface area contributed by atoms with E-state index in [1.54, 1.807) is 0 Å². The summed E-state index contributed by atoms with van der Waals surface area (Å²) < 4.78 is 0. The van der Waals surface area contributed by atoms with Crippen LogP contribution in [0.25, 0.3) is 0 Å². The Balaban J connectivity index is 1.82. The number of amides is 1. The molecule has 2 unspecified atom stereocenters. The van der Waals surface area contributed by atoms with Gasteiger partial charge in [0.15, 0.2) is 0 Å². The molecule has 14 heavy (non-hydrogen) atoms. The van der Waals surface area contributed by atoms with E-state index in [9.17, 15) is 4.79 Å². The average molecular weight is 278 g/mol. The second kappa shape index (κ2) is 4.88. The Kier molecular flexibility index (Phi) is 3.77. The summed E-state index contributed by atoms with van der Waals surface area (Å²) in [7, 11) is 0. The van der Waals surface area contributed by atoms with E-state index in [0.717, 1.165) is 19.5 Å². The number of rotatable bonds is 2. The molecule has 0 aromatic rings. The Morgan fingerprint density at radius 1 is 1.43 bits per heavy atom. The SMILES string of the molecule is O=C1C(Br)CCN1CC1CCCCS1. The van der Waals surface area contributed by atoms with Crippen molar-refractivity contribution in [2.45, 2.75) is 35.8 Å². The first-order chi connectivity index (χ1) is 6.77. The van der Waals surface area contributed by atoms with Gasteiger partial charge in [0.25, 0.3) is 0 Å². The van der Waals surface area contributed by atoms with Crippen LogP contribution in [-0.2, 0) is 4.79 Å². The topological polar surface area (TPSA) is 20.3 Å². The van der Waals surface area contributed by atoms with E-state index < -0.39 is 0 Å². The van der Waals surface area contributed by atoms with Crippen LogP contribution in [0.5, 0.6) is 0 Å². The zero-order valence-electron chi connectivity index (χ0n) is 8.25. The lowest BCUT2D eigenvalue weighted by atomic mass is 10.2. The summed E-state index contributed by atoms with van der Waals surface area (Å²) in [6.45, 7) is 1.93. The summed E-state index contributed by atoms with van der Waals surface area (Å²) in [5.41, 5.74) is 0. The number of hydrogen-bond donors (Lipinski definition) is 0. The molecule has 0 aromatic heterocycles. The van der Waals surface area contributed by atoms with Crippen LogP contribution in [0, 0.1) is 0 Å². The van der Waals surface area contributed by atoms with Crippen molar-refractivity contribution in [3.05, 3.63) is 0 Å². The van der Waals surface area contributed by atoms with Gasteiger partial charge in [-0.1, -0.05) is 22.4 Å². The molecule has 2 aliphatic rings. The van der Waals surface area contributed by atoms with Crippen LogP contribution in [0.1, 0.15) is 25.7 Å². The molecule has 2 nitrogen and oxygen atoms in total. The van der Waals surface area contributed by atoms with Gasteiger partial charge in [0.1, 0.15) is 0 Å². The second-order valence-corrected chi connectivity index (χ2v) is 6.54. The third-order valence-electron chi connectivity index (χ3n) is 2.93. The Hall–Kier alpha value is 0.300. The van der Waals surface area contributed by atoms with E-state index in [4.69, 9.17) is 0 Å². The number of hydrogen-bond acceptors (Lipinski definition) is 2. The van der Waals surface area contributed by atoms with Crippen molar-refractivity contribution in [2.75, 3.05) is 18.8 Å². The van der Waals surface area contributed by atoms with Crippen molar-refractivity contribution >= 4 is 33.6 Å². The molecule has 1 amide bonds. The number of nitrogens with zero attached hydrogens (tertiary/aromatic N) is 1. The van der Waals surface area contributed by atoms with Crippen LogP contribution in [0.2, 0.25) is 0 Å². The third kappa shape index (κ3) is 2.45. The van der Waals surface area contributed by atoms with Crippen LogP contribution in [0.3, 0.4) is 0 Å². The molecule has 80 valence electrons. The zero-order chi connectivity index (χ0) is 9.97. The van der Waals surface area contributed by atoms with Gasteiger partial charge in [-0.3, -0.25) is 4.79 Å². The summed E-state index contributed by atoms with van der Waals surface area (Å²) in [5, 5.41) is 0.700. The molecule has 0 spiro atoms. The summed E-state index contributed by atoms with van der Waals surface area (Å²) in [6, 6.07) is 0.